The van der Waals surface area contributed by atoms with Crippen LogP contribution in [-0.4, -0.2) is 77.9 Å². The third kappa shape index (κ3) is 18.6. The van der Waals surface area contributed by atoms with Crippen LogP contribution in [0.15, 0.2) is 24.3 Å². The van der Waals surface area contributed by atoms with Crippen molar-refractivity contribution in [1.82, 2.24) is 0 Å². The van der Waals surface area contributed by atoms with E-state index >= 15 is 0 Å². The molecule has 0 spiro atoms. The summed E-state index contributed by atoms with van der Waals surface area (Å²) in [5.74, 6) is -3.77. The van der Waals surface area contributed by atoms with Gasteiger partial charge in [-0.2, -0.15) is 8.42 Å². The predicted octanol–water partition coefficient (Wildman–Crippen LogP) is 3.59. The van der Waals surface area contributed by atoms with Crippen molar-refractivity contribution in [2.24, 2.45) is 5.41 Å². The van der Waals surface area contributed by atoms with Gasteiger partial charge in [-0.25, -0.2) is 0 Å². The summed E-state index contributed by atoms with van der Waals surface area (Å²) in [7, 11) is -5.05. The molecule has 1 unspecified atom stereocenters. The molecule has 0 rings (SSSR count). The van der Waals surface area contributed by atoms with Gasteiger partial charge >= 0.3 is 17.9 Å². The van der Waals surface area contributed by atoms with Gasteiger partial charge in [0.1, 0.15) is 13.2 Å². The zero-order valence-electron chi connectivity index (χ0n) is 23.0. The molecule has 0 aliphatic heterocycles. The predicted molar refractivity (Wildman–Crippen MR) is 145 cm³/mol. The minimum Gasteiger partial charge on any atom is -0.480 e. The Morgan fingerprint density at radius 1 is 0.795 bits per heavy atom. The zero-order valence-corrected chi connectivity index (χ0v) is 23.8. The number of carboxylic acid groups (broad SMARTS) is 1. The van der Waals surface area contributed by atoms with Crippen molar-refractivity contribution in [3.05, 3.63) is 24.3 Å². The average molecular weight is 579 g/mol. The van der Waals surface area contributed by atoms with Crippen LogP contribution in [0.5, 0.6) is 0 Å². The van der Waals surface area contributed by atoms with Gasteiger partial charge in [-0.3, -0.25) is 18.9 Å². The molecule has 0 aromatic heterocycles. The lowest BCUT2D eigenvalue weighted by atomic mass is 9.92. The molecule has 0 fully saturated rings. The topological polar surface area (TPSA) is 185 Å². The molecule has 0 heterocycles. The molecule has 0 aromatic carbocycles. The normalized spacial score (nSPS) is 13.1. The molecule has 12 heteroatoms. The summed E-state index contributed by atoms with van der Waals surface area (Å²) in [5.41, 5.74) is -1.56. The van der Waals surface area contributed by atoms with Crippen LogP contribution in [0.4, 0.5) is 0 Å². The number of rotatable bonds is 24. The van der Waals surface area contributed by atoms with Gasteiger partial charge in [-0.05, 0) is 38.5 Å². The maximum absolute atomic E-state index is 12.1. The molecule has 226 valence electrons. The van der Waals surface area contributed by atoms with E-state index in [0.717, 1.165) is 44.9 Å². The summed E-state index contributed by atoms with van der Waals surface area (Å²) < 4.78 is 41.0. The Bertz CT molecular complexity index is 861. The number of aliphatic hydroxyl groups excluding tert-OH is 2. The Balaban J connectivity index is 4.16. The summed E-state index contributed by atoms with van der Waals surface area (Å²) in [6.45, 7) is -0.383. The third-order valence-electron chi connectivity index (χ3n) is 6.07. The van der Waals surface area contributed by atoms with Crippen LogP contribution in [0.25, 0.3) is 0 Å². The number of ether oxygens (including phenoxy) is 2. The molecule has 0 saturated heterocycles. The summed E-state index contributed by atoms with van der Waals surface area (Å²) >= 11 is 0. The fraction of sp³-hybridized carbons (Fsp3) is 0.741. The van der Waals surface area contributed by atoms with Crippen molar-refractivity contribution in [3.8, 4) is 0 Å². The van der Waals surface area contributed by atoms with Crippen LogP contribution in [0, 0.1) is 5.41 Å². The van der Waals surface area contributed by atoms with Crippen LogP contribution in [0.2, 0.25) is 0 Å². The van der Waals surface area contributed by atoms with Gasteiger partial charge in [0.25, 0.3) is 10.1 Å². The van der Waals surface area contributed by atoms with Gasteiger partial charge in [0.15, 0.2) is 5.25 Å². The molecule has 0 radical (unpaired) electrons. The molecular weight excluding hydrogens is 532 g/mol. The number of unbranched alkanes of at least 4 members (excludes halogenated alkanes) is 8. The van der Waals surface area contributed by atoms with Crippen molar-refractivity contribution in [1.29, 1.82) is 0 Å². The fourth-order valence-electron chi connectivity index (χ4n) is 3.42. The van der Waals surface area contributed by atoms with Gasteiger partial charge < -0.3 is 24.8 Å². The number of esters is 2. The van der Waals surface area contributed by atoms with Crippen molar-refractivity contribution in [2.75, 3.05) is 26.4 Å². The smallest absolute Gasteiger partial charge is 0.325 e. The lowest BCUT2D eigenvalue weighted by Crippen LogP contribution is -2.41. The highest BCUT2D eigenvalue weighted by molar-refractivity contribution is 7.87. The molecule has 0 bridgehead atoms. The largest absolute Gasteiger partial charge is 0.480 e. The van der Waals surface area contributed by atoms with Crippen molar-refractivity contribution >= 4 is 28.0 Å². The number of hydrogen-bond donors (Lipinski definition) is 4. The van der Waals surface area contributed by atoms with Crippen molar-refractivity contribution in [3.63, 3.8) is 0 Å². The number of carbonyl (C=O) groups is 3. The molecular formula is C27H46O11S. The Kier molecular flexibility index (Phi) is 20.3. The minimum atomic E-state index is -5.05. The van der Waals surface area contributed by atoms with Gasteiger partial charge in [0.2, 0.25) is 0 Å². The van der Waals surface area contributed by atoms with Gasteiger partial charge in [-0.1, -0.05) is 63.3 Å². The van der Waals surface area contributed by atoms with Gasteiger partial charge in [0, 0.05) is 6.42 Å². The van der Waals surface area contributed by atoms with E-state index in [1.165, 1.54) is 19.3 Å². The quantitative estimate of drug-likeness (QED) is 0.0568. The average Bonchev–Trinajstić information content (AvgIpc) is 2.89. The second-order valence-electron chi connectivity index (χ2n) is 9.66. The highest BCUT2D eigenvalue weighted by atomic mass is 32.2. The lowest BCUT2D eigenvalue weighted by molar-refractivity contribution is -0.160. The molecule has 0 aliphatic rings. The summed E-state index contributed by atoms with van der Waals surface area (Å²) in [4.78, 5) is 34.8. The van der Waals surface area contributed by atoms with E-state index < -0.39 is 71.5 Å². The van der Waals surface area contributed by atoms with E-state index in [4.69, 9.17) is 19.1 Å². The summed E-state index contributed by atoms with van der Waals surface area (Å²) in [5, 5.41) is 25.7. The van der Waals surface area contributed by atoms with Crippen molar-refractivity contribution < 1.29 is 52.1 Å². The summed E-state index contributed by atoms with van der Waals surface area (Å²) in [6, 6.07) is 0. The first-order chi connectivity index (χ1) is 18.5. The standard InChI is InChI=1S/C27H46O11S/c1-2-3-4-5-6-7-8-9-10-11-12-13-14-15-16-17-24(30)37-21-27(19-28,20-29)22-38-25(31)18-23(26(32)33)39(34,35)36/h6-7,9-10,23,28-29H,2-5,8,11-22H2,1H3,(H,32,33)(H,34,35,36)/b7-6+,10-9+. The highest BCUT2D eigenvalue weighted by Crippen LogP contribution is 2.19. The van der Waals surface area contributed by atoms with E-state index in [1.54, 1.807) is 0 Å². The number of carbonyl (C=O) groups excluding carboxylic acids is 2. The zero-order chi connectivity index (χ0) is 29.6. The maximum atomic E-state index is 12.1. The highest BCUT2D eigenvalue weighted by Gasteiger charge is 2.36. The molecule has 4 N–H and O–H groups in total. The maximum Gasteiger partial charge on any atom is 0.325 e. The molecule has 0 amide bonds. The van der Waals surface area contributed by atoms with Crippen LogP contribution < -0.4 is 0 Å². The Morgan fingerprint density at radius 2 is 1.31 bits per heavy atom. The van der Waals surface area contributed by atoms with Crippen LogP contribution in [0.3, 0.4) is 0 Å². The van der Waals surface area contributed by atoms with E-state index in [9.17, 15) is 33.0 Å². The first-order valence-corrected chi connectivity index (χ1v) is 15.0. The Morgan fingerprint density at radius 3 is 1.82 bits per heavy atom. The van der Waals surface area contributed by atoms with Crippen LogP contribution >= 0.6 is 0 Å². The molecule has 1 atom stereocenters. The van der Waals surface area contributed by atoms with E-state index in [1.807, 2.05) is 0 Å². The van der Waals surface area contributed by atoms with Gasteiger partial charge in [0.05, 0.1) is 25.0 Å². The van der Waals surface area contributed by atoms with E-state index in [0.29, 0.717) is 6.42 Å². The van der Waals surface area contributed by atoms with Crippen LogP contribution in [-0.2, 0) is 34.0 Å². The molecule has 0 aromatic rings. The third-order valence-corrected chi connectivity index (χ3v) is 7.16. The number of aliphatic carboxylic acids is 1. The van der Waals surface area contributed by atoms with E-state index in [2.05, 4.69) is 31.2 Å². The monoisotopic (exact) mass is 578 g/mol. The summed E-state index contributed by atoms with van der Waals surface area (Å²) in [6.07, 6.45) is 19.2. The van der Waals surface area contributed by atoms with E-state index in [-0.39, 0.29) is 6.42 Å². The molecule has 39 heavy (non-hydrogen) atoms. The number of hydrogen-bond acceptors (Lipinski definition) is 9. The lowest BCUT2D eigenvalue weighted by Gasteiger charge is -2.28. The van der Waals surface area contributed by atoms with Crippen molar-refractivity contribution in [2.45, 2.75) is 95.6 Å². The Labute approximate surface area is 232 Å². The van der Waals surface area contributed by atoms with Gasteiger partial charge in [-0.15, -0.1) is 0 Å². The molecule has 11 nitrogen and oxygen atoms in total. The minimum absolute atomic E-state index is 0.145. The number of carboxylic acids is 1. The first kappa shape index (κ1) is 36.7. The Hall–Kier alpha value is -2.28. The molecule has 0 saturated carbocycles. The molecule has 0 aliphatic carbocycles. The number of aliphatic hydroxyl groups is 2. The second-order valence-corrected chi connectivity index (χ2v) is 11.3. The SMILES string of the molecule is CCCCC/C=C/C/C=C/CCCCCCCC(=O)OCC(CO)(CO)COC(=O)CC(C(=O)O)S(=O)(=O)O. The first-order valence-electron chi connectivity index (χ1n) is 13.5. The fourth-order valence-corrected chi connectivity index (χ4v) is 4.03. The van der Waals surface area contributed by atoms with Crippen LogP contribution in [0.1, 0.15) is 90.4 Å². The number of allylic oxidation sites excluding steroid dienone is 4. The second kappa shape index (κ2) is 21.5.